The van der Waals surface area contributed by atoms with E-state index < -0.39 is 21.2 Å². The van der Waals surface area contributed by atoms with Crippen LogP contribution in [0.5, 0.6) is 0 Å². The average Bonchev–Trinajstić information content (AvgIpc) is 2.85. The second-order valence-corrected chi connectivity index (χ2v) is 8.21. The van der Waals surface area contributed by atoms with Crippen molar-refractivity contribution in [3.8, 4) is 0 Å². The molecule has 1 saturated heterocycles. The summed E-state index contributed by atoms with van der Waals surface area (Å²) in [5, 5.41) is 8.54. The van der Waals surface area contributed by atoms with Gasteiger partial charge in [0.15, 0.2) is 0 Å². The van der Waals surface area contributed by atoms with Crippen molar-refractivity contribution in [2.75, 3.05) is 10.8 Å². The smallest absolute Gasteiger partial charge is 0.335 e. The number of nitrogens with zero attached hydrogens (tertiary/aromatic N) is 1. The van der Waals surface area contributed by atoms with Crippen molar-refractivity contribution in [2.24, 2.45) is 0 Å². The Labute approximate surface area is 135 Å². The van der Waals surface area contributed by atoms with E-state index in [-0.39, 0.29) is 17.6 Å². The molecule has 8 heteroatoms. The first kappa shape index (κ1) is 16.2. The van der Waals surface area contributed by atoms with Gasteiger partial charge in [-0.15, -0.1) is 0 Å². The first-order chi connectivity index (χ1) is 10.8. The highest BCUT2D eigenvalue weighted by atomic mass is 32.2. The highest BCUT2D eigenvalue weighted by molar-refractivity contribution is 7.93. The molecule has 0 aliphatic carbocycles. The van der Waals surface area contributed by atoms with E-state index in [1.54, 1.807) is 12.1 Å². The zero-order valence-electron chi connectivity index (χ0n) is 13.1. The van der Waals surface area contributed by atoms with Crippen molar-refractivity contribution in [1.82, 2.24) is 10.9 Å². The van der Waals surface area contributed by atoms with Crippen molar-refractivity contribution >= 4 is 21.7 Å². The summed E-state index contributed by atoms with van der Waals surface area (Å²) in [5.41, 5.74) is 7.53. The minimum absolute atomic E-state index is 0.189. The Morgan fingerprint density at radius 2 is 1.91 bits per heavy atom. The van der Waals surface area contributed by atoms with Crippen molar-refractivity contribution in [1.29, 1.82) is 0 Å². The summed E-state index contributed by atoms with van der Waals surface area (Å²) in [4.78, 5) is 11.1. The van der Waals surface area contributed by atoms with E-state index >= 15 is 0 Å². The van der Waals surface area contributed by atoms with E-state index in [0.717, 1.165) is 5.56 Å². The molecule has 3 N–H and O–H groups in total. The molecule has 2 aliphatic rings. The summed E-state index contributed by atoms with van der Waals surface area (Å²) in [6, 6.07) is 4.27. The maximum atomic E-state index is 13.1. The quantitative estimate of drug-likeness (QED) is 0.751. The number of nitrogens with one attached hydrogen (secondary N) is 2. The molecule has 2 unspecified atom stereocenters. The molecule has 3 rings (SSSR count). The number of hydrogen-bond donors (Lipinski definition) is 3. The largest absolute Gasteiger partial charge is 0.478 e. The van der Waals surface area contributed by atoms with Crippen LogP contribution in [0.15, 0.2) is 18.2 Å². The standard InChI is InChI=1S/C15H21N3O4S/c1-9-14(10(2)17-16-9)23(21,22)18-7-3-4-11-8-12(15(19)20)5-6-13(11)18/h5-6,8-10,14,16-17H,3-4,7H2,1-2H3,(H,19,20). The van der Waals surface area contributed by atoms with Gasteiger partial charge in [-0.3, -0.25) is 15.2 Å². The second-order valence-electron chi connectivity index (χ2n) is 6.20. The molecule has 2 atom stereocenters. The predicted molar refractivity (Wildman–Crippen MR) is 87.0 cm³/mol. The number of aromatic carboxylic acids is 1. The van der Waals surface area contributed by atoms with Crippen LogP contribution in [0.25, 0.3) is 0 Å². The zero-order chi connectivity index (χ0) is 16.8. The highest BCUT2D eigenvalue weighted by Crippen LogP contribution is 2.33. The van der Waals surface area contributed by atoms with Crippen molar-refractivity contribution in [3.05, 3.63) is 29.3 Å². The monoisotopic (exact) mass is 339 g/mol. The van der Waals surface area contributed by atoms with Crippen LogP contribution in [0.3, 0.4) is 0 Å². The molecule has 7 nitrogen and oxygen atoms in total. The Hall–Kier alpha value is -1.64. The number of carboxylic acids is 1. The molecule has 2 aliphatic heterocycles. The molecule has 0 spiro atoms. The van der Waals surface area contributed by atoms with Crippen LogP contribution in [0.4, 0.5) is 5.69 Å². The Kier molecular flexibility index (Phi) is 4.07. The van der Waals surface area contributed by atoms with Gasteiger partial charge in [0, 0.05) is 18.6 Å². The molecular formula is C15H21N3O4S. The Balaban J connectivity index is 2.01. The number of hydrazine groups is 1. The van der Waals surface area contributed by atoms with E-state index in [9.17, 15) is 13.2 Å². The fourth-order valence-corrected chi connectivity index (χ4v) is 5.78. The van der Waals surface area contributed by atoms with Gasteiger partial charge in [0.25, 0.3) is 0 Å². The number of aryl methyl sites for hydroxylation is 1. The summed E-state index contributed by atoms with van der Waals surface area (Å²) in [6.07, 6.45) is 1.38. The number of fused-ring (bicyclic) bond motifs is 1. The van der Waals surface area contributed by atoms with Gasteiger partial charge in [0.1, 0.15) is 5.25 Å². The van der Waals surface area contributed by atoms with Crippen LogP contribution in [0.1, 0.15) is 36.2 Å². The number of carbonyl (C=O) groups is 1. The second kappa shape index (κ2) is 5.77. The SMILES string of the molecule is CC1NNC(C)C1S(=O)(=O)N1CCCc2cc(C(=O)O)ccc21. The fourth-order valence-electron chi connectivity index (χ4n) is 3.48. The summed E-state index contributed by atoms with van der Waals surface area (Å²) in [7, 11) is -3.55. The van der Waals surface area contributed by atoms with Gasteiger partial charge in [-0.25, -0.2) is 13.2 Å². The summed E-state index contributed by atoms with van der Waals surface area (Å²) in [6.45, 7) is 4.12. The van der Waals surface area contributed by atoms with Gasteiger partial charge >= 0.3 is 5.97 Å². The average molecular weight is 339 g/mol. The number of benzene rings is 1. The topological polar surface area (TPSA) is 98.7 Å². The van der Waals surface area contributed by atoms with Crippen molar-refractivity contribution in [2.45, 2.75) is 44.0 Å². The third-order valence-corrected chi connectivity index (χ3v) is 7.08. The van der Waals surface area contributed by atoms with Gasteiger partial charge < -0.3 is 5.11 Å². The minimum atomic E-state index is -3.55. The van der Waals surface area contributed by atoms with Crippen molar-refractivity contribution < 1.29 is 18.3 Å². The molecular weight excluding hydrogens is 318 g/mol. The summed E-state index contributed by atoms with van der Waals surface area (Å²) < 4.78 is 27.7. The zero-order valence-corrected chi connectivity index (χ0v) is 13.9. The van der Waals surface area contributed by atoms with E-state index in [4.69, 9.17) is 5.11 Å². The first-order valence-corrected chi connectivity index (χ1v) is 9.21. The first-order valence-electron chi connectivity index (χ1n) is 7.71. The summed E-state index contributed by atoms with van der Waals surface area (Å²) >= 11 is 0. The molecule has 0 radical (unpaired) electrons. The predicted octanol–water partition coefficient (Wildman–Crippen LogP) is 0.721. The van der Waals surface area contributed by atoms with Crippen molar-refractivity contribution in [3.63, 3.8) is 0 Å². The molecule has 23 heavy (non-hydrogen) atoms. The van der Waals surface area contributed by atoms with Gasteiger partial charge in [0.2, 0.25) is 10.0 Å². The lowest BCUT2D eigenvalue weighted by molar-refractivity contribution is 0.0696. The van der Waals surface area contributed by atoms with E-state index in [2.05, 4.69) is 10.9 Å². The number of sulfonamides is 1. The molecule has 0 aromatic heterocycles. The maximum Gasteiger partial charge on any atom is 0.335 e. The number of rotatable bonds is 3. The van der Waals surface area contributed by atoms with Gasteiger partial charge in [-0.2, -0.15) is 0 Å². The highest BCUT2D eigenvalue weighted by Gasteiger charge is 2.44. The van der Waals surface area contributed by atoms with Crippen LogP contribution in [0, 0.1) is 0 Å². The van der Waals surface area contributed by atoms with E-state index in [0.29, 0.717) is 25.1 Å². The third kappa shape index (κ3) is 2.71. The fraction of sp³-hybridized carbons (Fsp3) is 0.533. The molecule has 1 fully saturated rings. The van der Waals surface area contributed by atoms with Gasteiger partial charge in [0.05, 0.1) is 11.3 Å². The molecule has 126 valence electrons. The Bertz CT molecular complexity index is 724. The van der Waals surface area contributed by atoms with Gasteiger partial charge in [-0.05, 0) is 50.5 Å². The van der Waals surface area contributed by atoms with E-state index in [1.165, 1.54) is 10.4 Å². The Morgan fingerprint density at radius 1 is 1.26 bits per heavy atom. The number of hydrogen-bond acceptors (Lipinski definition) is 5. The molecule has 0 amide bonds. The van der Waals surface area contributed by atoms with Gasteiger partial charge in [-0.1, -0.05) is 0 Å². The number of carboxylic acid groups (broad SMARTS) is 1. The molecule has 0 bridgehead atoms. The molecule has 1 aromatic carbocycles. The molecule has 0 saturated carbocycles. The van der Waals surface area contributed by atoms with Crippen LogP contribution in [-0.2, 0) is 16.4 Å². The lowest BCUT2D eigenvalue weighted by atomic mass is 10.0. The summed E-state index contributed by atoms with van der Waals surface area (Å²) in [5.74, 6) is -1.00. The minimum Gasteiger partial charge on any atom is -0.478 e. The van der Waals surface area contributed by atoms with Crippen LogP contribution >= 0.6 is 0 Å². The van der Waals surface area contributed by atoms with Crippen LogP contribution in [0.2, 0.25) is 0 Å². The third-order valence-electron chi connectivity index (χ3n) is 4.58. The molecule has 2 heterocycles. The number of anilines is 1. The van der Waals surface area contributed by atoms with E-state index in [1.807, 2.05) is 13.8 Å². The lowest BCUT2D eigenvalue weighted by Gasteiger charge is -2.34. The maximum absolute atomic E-state index is 13.1. The normalized spacial score (nSPS) is 27.7. The van der Waals surface area contributed by atoms with Crippen LogP contribution in [-0.4, -0.2) is 43.4 Å². The van der Waals surface area contributed by atoms with Crippen LogP contribution < -0.4 is 15.2 Å². The Morgan fingerprint density at radius 3 is 2.52 bits per heavy atom. The molecule has 1 aromatic rings. The lowest BCUT2D eigenvalue weighted by Crippen LogP contribution is -2.48.